The van der Waals surface area contributed by atoms with E-state index < -0.39 is 21.5 Å². The summed E-state index contributed by atoms with van der Waals surface area (Å²) in [6.45, 7) is 2.80. The van der Waals surface area contributed by atoms with E-state index in [0.717, 1.165) is 11.8 Å². The van der Waals surface area contributed by atoms with Gasteiger partial charge in [-0.1, -0.05) is 6.07 Å². The number of rotatable bonds is 4. The maximum Gasteiger partial charge on any atom is 0.235 e. The molecule has 0 radical (unpaired) electrons. The first-order chi connectivity index (χ1) is 9.35. The Labute approximate surface area is 118 Å². The molecule has 0 aromatic heterocycles. The van der Waals surface area contributed by atoms with Gasteiger partial charge in [-0.15, -0.1) is 0 Å². The second kappa shape index (κ2) is 5.70. The Bertz CT molecular complexity index is 611. The van der Waals surface area contributed by atoms with Gasteiger partial charge in [0.2, 0.25) is 5.91 Å². The summed E-state index contributed by atoms with van der Waals surface area (Å²) in [5.41, 5.74) is 0.830. The first-order valence-electron chi connectivity index (χ1n) is 6.22. The van der Waals surface area contributed by atoms with Crippen molar-refractivity contribution in [2.24, 2.45) is 0 Å². The van der Waals surface area contributed by atoms with Crippen molar-refractivity contribution in [1.29, 1.82) is 0 Å². The minimum absolute atomic E-state index is 0.305. The van der Waals surface area contributed by atoms with E-state index in [1.807, 2.05) is 6.07 Å². The quantitative estimate of drug-likeness (QED) is 0.884. The molecule has 0 fully saturated rings. The zero-order valence-electron chi connectivity index (χ0n) is 11.4. The van der Waals surface area contributed by atoms with Crippen LogP contribution in [0.5, 0.6) is 11.5 Å². The van der Waals surface area contributed by atoms with Gasteiger partial charge in [0.25, 0.3) is 0 Å². The van der Waals surface area contributed by atoms with Gasteiger partial charge in [-0.3, -0.25) is 4.79 Å². The normalized spacial score (nSPS) is 15.5. The van der Waals surface area contributed by atoms with E-state index in [1.165, 1.54) is 0 Å². The van der Waals surface area contributed by atoms with Crippen LogP contribution >= 0.6 is 0 Å². The van der Waals surface area contributed by atoms with Crippen molar-refractivity contribution >= 4 is 15.7 Å². The molecule has 1 aliphatic rings. The van der Waals surface area contributed by atoms with Gasteiger partial charge >= 0.3 is 0 Å². The number of nitrogens with one attached hydrogen (secondary N) is 1. The van der Waals surface area contributed by atoms with Crippen LogP contribution in [-0.2, 0) is 14.6 Å². The molecule has 0 aliphatic carbocycles. The van der Waals surface area contributed by atoms with E-state index in [0.29, 0.717) is 24.7 Å². The SMILES string of the molecule is C[C@H](NC(=O)CS(C)(=O)=O)c1ccc2c(c1)OCCO2. The highest BCUT2D eigenvalue weighted by Crippen LogP contribution is 2.32. The van der Waals surface area contributed by atoms with E-state index in [2.05, 4.69) is 5.32 Å². The fourth-order valence-corrected chi connectivity index (χ4v) is 2.49. The summed E-state index contributed by atoms with van der Waals surface area (Å²) in [4.78, 5) is 11.6. The highest BCUT2D eigenvalue weighted by molar-refractivity contribution is 7.91. The topological polar surface area (TPSA) is 81.7 Å². The van der Waals surface area contributed by atoms with Gasteiger partial charge in [0.15, 0.2) is 21.3 Å². The minimum Gasteiger partial charge on any atom is -0.486 e. The van der Waals surface area contributed by atoms with Gasteiger partial charge in [-0.05, 0) is 24.6 Å². The Morgan fingerprint density at radius 2 is 1.95 bits per heavy atom. The largest absolute Gasteiger partial charge is 0.486 e. The van der Waals surface area contributed by atoms with Gasteiger partial charge in [0.05, 0.1) is 6.04 Å². The Morgan fingerprint density at radius 1 is 1.30 bits per heavy atom. The molecule has 1 aliphatic heterocycles. The number of amides is 1. The second-order valence-electron chi connectivity index (χ2n) is 4.76. The predicted molar refractivity (Wildman–Crippen MR) is 73.7 cm³/mol. The molecule has 7 heteroatoms. The third-order valence-corrected chi connectivity index (χ3v) is 3.62. The fraction of sp³-hybridized carbons (Fsp3) is 0.462. The number of sulfone groups is 1. The lowest BCUT2D eigenvalue weighted by atomic mass is 10.1. The Kier molecular flexibility index (Phi) is 4.17. The van der Waals surface area contributed by atoms with Crippen molar-refractivity contribution in [3.8, 4) is 11.5 Å². The highest BCUT2D eigenvalue weighted by atomic mass is 32.2. The summed E-state index contributed by atoms with van der Waals surface area (Å²) in [6, 6.07) is 5.09. The molecule has 1 heterocycles. The molecular weight excluding hydrogens is 282 g/mol. The molecule has 0 spiro atoms. The van der Waals surface area contributed by atoms with Gasteiger partial charge in [-0.2, -0.15) is 0 Å². The molecule has 1 aromatic rings. The summed E-state index contributed by atoms with van der Waals surface area (Å²) >= 11 is 0. The average Bonchev–Trinajstić information content (AvgIpc) is 2.35. The number of ether oxygens (including phenoxy) is 2. The zero-order valence-corrected chi connectivity index (χ0v) is 12.2. The standard InChI is InChI=1S/C13H17NO5S/c1-9(14-13(15)8-20(2,16)17)10-3-4-11-12(7-10)19-6-5-18-11/h3-4,7,9H,5-6,8H2,1-2H3,(H,14,15)/t9-/m0/s1. The van der Waals surface area contributed by atoms with Crippen LogP contribution in [0.2, 0.25) is 0 Å². The maximum absolute atomic E-state index is 11.6. The average molecular weight is 299 g/mol. The summed E-state index contributed by atoms with van der Waals surface area (Å²) in [7, 11) is -3.32. The van der Waals surface area contributed by atoms with E-state index in [1.54, 1.807) is 19.1 Å². The molecule has 0 saturated carbocycles. The monoisotopic (exact) mass is 299 g/mol. The van der Waals surface area contributed by atoms with Crippen LogP contribution in [-0.4, -0.2) is 39.5 Å². The summed E-state index contributed by atoms with van der Waals surface area (Å²) in [5, 5.41) is 2.65. The Morgan fingerprint density at radius 3 is 2.60 bits per heavy atom. The molecule has 1 aromatic carbocycles. The van der Waals surface area contributed by atoms with Crippen molar-refractivity contribution in [2.45, 2.75) is 13.0 Å². The smallest absolute Gasteiger partial charge is 0.235 e. The van der Waals surface area contributed by atoms with Crippen molar-refractivity contribution in [2.75, 3.05) is 25.2 Å². The van der Waals surface area contributed by atoms with Crippen LogP contribution < -0.4 is 14.8 Å². The molecule has 0 unspecified atom stereocenters. The second-order valence-corrected chi connectivity index (χ2v) is 6.90. The molecule has 1 amide bonds. The fourth-order valence-electron chi connectivity index (χ4n) is 1.93. The van der Waals surface area contributed by atoms with Crippen molar-refractivity contribution in [3.05, 3.63) is 23.8 Å². The number of benzene rings is 1. The summed E-state index contributed by atoms with van der Waals surface area (Å²) in [5.74, 6) is 0.282. The van der Waals surface area contributed by atoms with Crippen molar-refractivity contribution < 1.29 is 22.7 Å². The van der Waals surface area contributed by atoms with Crippen LogP contribution in [0.1, 0.15) is 18.5 Å². The minimum atomic E-state index is -3.32. The lowest BCUT2D eigenvalue weighted by Gasteiger charge is -2.21. The van der Waals surface area contributed by atoms with Gasteiger partial charge < -0.3 is 14.8 Å². The molecule has 1 N–H and O–H groups in total. The van der Waals surface area contributed by atoms with Crippen LogP contribution in [0.4, 0.5) is 0 Å². The third-order valence-electron chi connectivity index (χ3n) is 2.84. The number of fused-ring (bicyclic) bond motifs is 1. The number of hydrogen-bond acceptors (Lipinski definition) is 5. The van der Waals surface area contributed by atoms with Crippen LogP contribution in [0.15, 0.2) is 18.2 Å². The number of hydrogen-bond donors (Lipinski definition) is 1. The number of carbonyl (C=O) groups is 1. The number of carbonyl (C=O) groups excluding carboxylic acids is 1. The predicted octanol–water partition coefficient (Wildman–Crippen LogP) is 0.680. The molecule has 0 bridgehead atoms. The Hall–Kier alpha value is -1.76. The molecule has 2 rings (SSSR count). The Balaban J connectivity index is 2.06. The van der Waals surface area contributed by atoms with Crippen LogP contribution in [0, 0.1) is 0 Å². The molecule has 0 saturated heterocycles. The first-order valence-corrected chi connectivity index (χ1v) is 8.28. The molecule has 20 heavy (non-hydrogen) atoms. The van der Waals surface area contributed by atoms with Crippen LogP contribution in [0.3, 0.4) is 0 Å². The van der Waals surface area contributed by atoms with E-state index >= 15 is 0 Å². The van der Waals surface area contributed by atoms with E-state index in [-0.39, 0.29) is 6.04 Å². The van der Waals surface area contributed by atoms with Crippen molar-refractivity contribution in [3.63, 3.8) is 0 Å². The van der Waals surface area contributed by atoms with Gasteiger partial charge in [-0.25, -0.2) is 8.42 Å². The van der Waals surface area contributed by atoms with Gasteiger partial charge in [0, 0.05) is 6.26 Å². The maximum atomic E-state index is 11.6. The lowest BCUT2D eigenvalue weighted by Crippen LogP contribution is -2.32. The van der Waals surface area contributed by atoms with E-state index in [9.17, 15) is 13.2 Å². The molecule has 6 nitrogen and oxygen atoms in total. The van der Waals surface area contributed by atoms with Crippen molar-refractivity contribution in [1.82, 2.24) is 5.32 Å². The first kappa shape index (κ1) is 14.6. The zero-order chi connectivity index (χ0) is 14.8. The van der Waals surface area contributed by atoms with E-state index in [4.69, 9.17) is 9.47 Å². The molecule has 1 atom stereocenters. The third kappa shape index (κ3) is 3.86. The molecule has 110 valence electrons. The van der Waals surface area contributed by atoms with Crippen LogP contribution in [0.25, 0.3) is 0 Å². The highest BCUT2D eigenvalue weighted by Gasteiger charge is 2.17. The summed E-state index contributed by atoms with van der Waals surface area (Å²) < 4.78 is 33.0. The van der Waals surface area contributed by atoms with Gasteiger partial charge in [0.1, 0.15) is 19.0 Å². The summed E-state index contributed by atoms with van der Waals surface area (Å²) in [6.07, 6.45) is 1.03. The molecular formula is C13H17NO5S. The lowest BCUT2D eigenvalue weighted by molar-refractivity contribution is -0.119.